The van der Waals surface area contributed by atoms with Gasteiger partial charge >= 0.3 is 0 Å². The van der Waals surface area contributed by atoms with E-state index in [0.717, 1.165) is 64.6 Å². The second-order valence-corrected chi connectivity index (χ2v) is 12.1. The second kappa shape index (κ2) is 10.6. The molecule has 2 amide bonds. The molecule has 1 saturated heterocycles. The van der Waals surface area contributed by atoms with E-state index in [0.29, 0.717) is 42.1 Å². The van der Waals surface area contributed by atoms with Crippen LogP contribution in [-0.2, 0) is 6.42 Å². The lowest BCUT2D eigenvalue weighted by molar-refractivity contribution is 0.0974. The molecular weight excluding hydrogens is 532 g/mol. The van der Waals surface area contributed by atoms with Crippen LogP contribution in [0.25, 0.3) is 10.4 Å². The maximum Gasteiger partial charge on any atom is 0.258 e. The maximum absolute atomic E-state index is 13.8. The molecule has 7 nitrogen and oxygen atoms in total. The van der Waals surface area contributed by atoms with E-state index in [-0.39, 0.29) is 17.6 Å². The fourth-order valence-electron chi connectivity index (χ4n) is 5.57. The summed E-state index contributed by atoms with van der Waals surface area (Å²) in [7, 11) is 0. The number of hydrogen-bond acceptors (Lipinski definition) is 6. The summed E-state index contributed by atoms with van der Waals surface area (Å²) < 4.78 is 0. The number of ketones is 1. The van der Waals surface area contributed by atoms with Crippen LogP contribution < -0.4 is 15.1 Å². The number of benzene rings is 2. The van der Waals surface area contributed by atoms with E-state index in [4.69, 9.17) is 0 Å². The first-order valence-corrected chi connectivity index (χ1v) is 15.0. The smallest absolute Gasteiger partial charge is 0.258 e. The topological polar surface area (TPSA) is 82.6 Å². The van der Waals surface area contributed by atoms with Crippen LogP contribution in [0.3, 0.4) is 0 Å². The molecule has 1 saturated carbocycles. The molecule has 3 aliphatic rings. The molecule has 206 valence electrons. The van der Waals surface area contributed by atoms with Crippen molar-refractivity contribution in [2.45, 2.75) is 32.1 Å². The van der Waals surface area contributed by atoms with Crippen molar-refractivity contribution in [3.8, 4) is 10.4 Å². The highest BCUT2D eigenvalue weighted by molar-refractivity contribution is 7.17. The first kappa shape index (κ1) is 25.7. The second-order valence-electron chi connectivity index (χ2n) is 11.0. The van der Waals surface area contributed by atoms with Gasteiger partial charge in [-0.3, -0.25) is 19.4 Å². The number of thiophene rings is 1. The fourth-order valence-corrected chi connectivity index (χ4v) is 6.76. The molecule has 4 heterocycles. The SMILES string of the molecule is O=C(CC1CC1)c1cc2c(s1)-c1ccccc1N(C(=O)c1ccc(NC(=O)c3ccncc3N3CCC3)cc1)CC2. The van der Waals surface area contributed by atoms with Gasteiger partial charge in [0.25, 0.3) is 11.8 Å². The first-order valence-electron chi connectivity index (χ1n) is 14.2. The largest absolute Gasteiger partial charge is 0.370 e. The van der Waals surface area contributed by atoms with Gasteiger partial charge in [-0.2, -0.15) is 0 Å². The molecule has 2 aromatic carbocycles. The summed E-state index contributed by atoms with van der Waals surface area (Å²) in [5.74, 6) is 0.507. The lowest BCUT2D eigenvalue weighted by atomic mass is 10.1. The van der Waals surface area contributed by atoms with Gasteiger partial charge in [-0.25, -0.2) is 0 Å². The number of nitrogens with zero attached hydrogens (tertiary/aromatic N) is 3. The summed E-state index contributed by atoms with van der Waals surface area (Å²) in [5, 5.41) is 2.97. The summed E-state index contributed by atoms with van der Waals surface area (Å²) in [6, 6.07) is 18.8. The highest BCUT2D eigenvalue weighted by atomic mass is 32.1. The number of rotatable bonds is 7. The first-order chi connectivity index (χ1) is 20.0. The molecule has 1 N–H and O–H groups in total. The van der Waals surface area contributed by atoms with E-state index in [1.54, 1.807) is 54.1 Å². The Balaban J connectivity index is 1.09. The monoisotopic (exact) mass is 562 g/mol. The predicted octanol–water partition coefficient (Wildman–Crippen LogP) is 6.46. The molecule has 2 aromatic heterocycles. The van der Waals surface area contributed by atoms with E-state index in [1.807, 2.05) is 35.2 Å². The third-order valence-corrected chi connectivity index (χ3v) is 9.43. The van der Waals surface area contributed by atoms with Crippen molar-refractivity contribution in [2.24, 2.45) is 5.92 Å². The Hall–Kier alpha value is -4.30. The minimum atomic E-state index is -0.198. The number of aromatic nitrogens is 1. The van der Waals surface area contributed by atoms with Crippen molar-refractivity contribution in [2.75, 3.05) is 34.8 Å². The van der Waals surface area contributed by atoms with Crippen molar-refractivity contribution in [3.63, 3.8) is 0 Å². The van der Waals surface area contributed by atoms with Crippen LogP contribution >= 0.6 is 11.3 Å². The molecule has 8 heteroatoms. The van der Waals surface area contributed by atoms with Gasteiger partial charge in [-0.1, -0.05) is 18.2 Å². The summed E-state index contributed by atoms with van der Waals surface area (Å²) in [4.78, 5) is 49.8. The molecule has 41 heavy (non-hydrogen) atoms. The third-order valence-electron chi connectivity index (χ3n) is 8.18. The minimum absolute atomic E-state index is 0.0929. The number of hydrogen-bond donors (Lipinski definition) is 1. The Kier molecular flexibility index (Phi) is 6.63. The Labute approximate surface area is 242 Å². The van der Waals surface area contributed by atoms with Crippen LogP contribution in [0.15, 0.2) is 73.1 Å². The number of para-hydroxylation sites is 1. The number of amides is 2. The third kappa shape index (κ3) is 5.04. The van der Waals surface area contributed by atoms with Crippen molar-refractivity contribution in [1.29, 1.82) is 0 Å². The standard InChI is InChI=1S/C33H30N4O3S/c38-29(18-21-6-7-21)30-19-23-13-17-37(27-5-2-1-4-25(27)31(23)41-30)33(40)22-8-10-24(11-9-22)35-32(39)26-12-14-34-20-28(26)36-15-3-16-36/h1-2,4-5,8-12,14,19-21H,3,6-7,13,15-18H2,(H,35,39). The lowest BCUT2D eigenvalue weighted by Crippen LogP contribution is -2.38. The van der Waals surface area contributed by atoms with Gasteiger partial charge in [-0.15, -0.1) is 11.3 Å². The molecule has 7 rings (SSSR count). The molecule has 0 atom stereocenters. The zero-order chi connectivity index (χ0) is 27.9. The number of carbonyl (C=O) groups is 3. The van der Waals surface area contributed by atoms with Gasteiger partial charge in [-0.05, 0) is 79.6 Å². The van der Waals surface area contributed by atoms with Crippen LogP contribution in [0, 0.1) is 5.92 Å². The Morgan fingerprint density at radius 2 is 1.76 bits per heavy atom. The van der Waals surface area contributed by atoms with Crippen LogP contribution in [-0.4, -0.2) is 42.2 Å². The predicted molar refractivity (Wildman–Crippen MR) is 162 cm³/mol. The van der Waals surface area contributed by atoms with Crippen LogP contribution in [0.2, 0.25) is 0 Å². The van der Waals surface area contributed by atoms with Gasteiger partial charge in [0.05, 0.1) is 28.0 Å². The number of Topliss-reactive ketones (excluding diaryl/α,β-unsaturated/α-hetero) is 1. The van der Waals surface area contributed by atoms with Gasteiger partial charge in [0, 0.05) is 53.9 Å². The molecule has 0 spiro atoms. The number of nitrogens with one attached hydrogen (secondary N) is 1. The van der Waals surface area contributed by atoms with E-state index in [1.165, 1.54) is 0 Å². The molecule has 2 aliphatic heterocycles. The Bertz CT molecular complexity index is 1650. The van der Waals surface area contributed by atoms with Crippen molar-refractivity contribution < 1.29 is 14.4 Å². The van der Waals surface area contributed by atoms with Crippen LogP contribution in [0.1, 0.15) is 61.6 Å². The van der Waals surface area contributed by atoms with Crippen molar-refractivity contribution in [1.82, 2.24) is 4.98 Å². The molecule has 0 unspecified atom stereocenters. The maximum atomic E-state index is 13.8. The summed E-state index contributed by atoms with van der Waals surface area (Å²) in [5.41, 5.74) is 5.58. The van der Waals surface area contributed by atoms with E-state index < -0.39 is 0 Å². The van der Waals surface area contributed by atoms with E-state index in [9.17, 15) is 14.4 Å². The molecule has 2 fully saturated rings. The summed E-state index contributed by atoms with van der Waals surface area (Å²) in [6.45, 7) is 2.38. The Morgan fingerprint density at radius 3 is 2.51 bits per heavy atom. The average molecular weight is 563 g/mol. The van der Waals surface area contributed by atoms with Gasteiger partial charge in [0.15, 0.2) is 5.78 Å². The number of pyridine rings is 1. The molecular formula is C33H30N4O3S. The highest BCUT2D eigenvalue weighted by Gasteiger charge is 2.30. The number of fused-ring (bicyclic) bond motifs is 3. The number of anilines is 3. The van der Waals surface area contributed by atoms with Crippen molar-refractivity contribution in [3.05, 3.63) is 94.6 Å². The van der Waals surface area contributed by atoms with Gasteiger partial charge in [0.2, 0.25) is 0 Å². The molecule has 1 aliphatic carbocycles. The minimum Gasteiger partial charge on any atom is -0.370 e. The fraction of sp³-hybridized carbons (Fsp3) is 0.273. The average Bonchev–Trinajstić information content (AvgIpc) is 3.71. The molecule has 0 bridgehead atoms. The molecule has 4 aromatic rings. The lowest BCUT2D eigenvalue weighted by Gasteiger charge is -2.34. The normalized spacial score (nSPS) is 15.8. The number of carbonyl (C=O) groups excluding carboxylic acids is 3. The molecule has 0 radical (unpaired) electrons. The van der Waals surface area contributed by atoms with E-state index >= 15 is 0 Å². The van der Waals surface area contributed by atoms with Crippen LogP contribution in [0.5, 0.6) is 0 Å². The van der Waals surface area contributed by atoms with Crippen LogP contribution in [0.4, 0.5) is 17.1 Å². The van der Waals surface area contributed by atoms with E-state index in [2.05, 4.69) is 15.2 Å². The van der Waals surface area contributed by atoms with Gasteiger partial charge in [0.1, 0.15) is 0 Å². The zero-order valence-corrected chi connectivity index (χ0v) is 23.5. The van der Waals surface area contributed by atoms with Gasteiger partial charge < -0.3 is 15.1 Å². The Morgan fingerprint density at radius 1 is 0.951 bits per heavy atom. The van der Waals surface area contributed by atoms with Crippen molar-refractivity contribution >= 4 is 46.0 Å². The summed E-state index contributed by atoms with van der Waals surface area (Å²) >= 11 is 1.56. The highest BCUT2D eigenvalue weighted by Crippen LogP contribution is 2.43. The zero-order valence-electron chi connectivity index (χ0n) is 22.6. The summed E-state index contributed by atoms with van der Waals surface area (Å²) in [6.07, 6.45) is 8.13. The quantitative estimate of drug-likeness (QED) is 0.262.